The van der Waals surface area contributed by atoms with Gasteiger partial charge in [-0.2, -0.15) is 0 Å². The molecule has 0 unspecified atom stereocenters. The van der Waals surface area contributed by atoms with Gasteiger partial charge in [-0.1, -0.05) is 27.7 Å². The number of nitrogens with zero attached hydrogens (tertiary/aromatic N) is 1. The highest BCUT2D eigenvalue weighted by molar-refractivity contribution is 5.78. The van der Waals surface area contributed by atoms with Crippen molar-refractivity contribution in [1.82, 2.24) is 4.98 Å². The average molecular weight is 217 g/mol. The fraction of sp³-hybridized carbons (Fsp3) is 0.500. The van der Waals surface area contributed by atoms with Crippen molar-refractivity contribution in [3.8, 4) is 0 Å². The highest BCUT2D eigenvalue weighted by Crippen LogP contribution is 2.35. The van der Waals surface area contributed by atoms with Gasteiger partial charge in [0, 0.05) is 17.2 Å². The number of hydrogen-bond donors (Lipinski definition) is 0. The van der Waals surface area contributed by atoms with Gasteiger partial charge in [-0.3, -0.25) is 4.98 Å². The summed E-state index contributed by atoms with van der Waals surface area (Å²) in [5, 5.41) is 0. The van der Waals surface area contributed by atoms with E-state index in [-0.39, 0.29) is 5.41 Å². The van der Waals surface area contributed by atoms with E-state index in [9.17, 15) is 0 Å². The van der Waals surface area contributed by atoms with Crippen molar-refractivity contribution in [3.63, 3.8) is 0 Å². The number of furan rings is 1. The lowest BCUT2D eigenvalue weighted by atomic mass is 9.84. The first-order valence-corrected chi connectivity index (χ1v) is 5.97. The largest absolute Gasteiger partial charge is 0.459 e. The zero-order valence-electron chi connectivity index (χ0n) is 10.5. The molecule has 2 rings (SSSR count). The summed E-state index contributed by atoms with van der Waals surface area (Å²) in [5.41, 5.74) is 3.30. The molecule has 0 atom stereocenters. The smallest absolute Gasteiger partial charge is 0.153 e. The maximum atomic E-state index is 5.98. The van der Waals surface area contributed by atoms with Gasteiger partial charge in [-0.25, -0.2) is 0 Å². The fourth-order valence-corrected chi connectivity index (χ4v) is 2.01. The number of fused-ring (bicyclic) bond motifs is 1. The Labute approximate surface area is 96.7 Å². The molecule has 16 heavy (non-hydrogen) atoms. The van der Waals surface area contributed by atoms with Crippen LogP contribution in [0.1, 0.15) is 45.4 Å². The molecule has 0 aromatic carbocycles. The van der Waals surface area contributed by atoms with Crippen LogP contribution >= 0.6 is 0 Å². The van der Waals surface area contributed by atoms with Gasteiger partial charge in [0.15, 0.2) is 5.58 Å². The molecule has 2 aromatic heterocycles. The van der Waals surface area contributed by atoms with Crippen LogP contribution in [0.3, 0.4) is 0 Å². The molecule has 0 amide bonds. The molecule has 0 radical (unpaired) electrons. The minimum absolute atomic E-state index is 0.0893. The molecule has 0 fully saturated rings. The van der Waals surface area contributed by atoms with E-state index >= 15 is 0 Å². The van der Waals surface area contributed by atoms with E-state index in [1.54, 1.807) is 0 Å². The van der Waals surface area contributed by atoms with Crippen molar-refractivity contribution in [2.75, 3.05) is 0 Å². The van der Waals surface area contributed by atoms with Gasteiger partial charge in [-0.05, 0) is 25.0 Å². The van der Waals surface area contributed by atoms with Crippen LogP contribution in [0.25, 0.3) is 11.1 Å². The summed E-state index contributed by atoms with van der Waals surface area (Å²) in [6, 6.07) is 3.92. The van der Waals surface area contributed by atoms with Gasteiger partial charge in [0.05, 0.1) is 0 Å². The third kappa shape index (κ3) is 1.62. The van der Waals surface area contributed by atoms with Crippen molar-refractivity contribution in [2.45, 2.75) is 46.0 Å². The first-order valence-electron chi connectivity index (χ1n) is 5.97. The highest BCUT2D eigenvalue weighted by Gasteiger charge is 2.27. The molecule has 0 aliphatic carbocycles. The van der Waals surface area contributed by atoms with Crippen LogP contribution in [0.15, 0.2) is 22.7 Å². The van der Waals surface area contributed by atoms with Gasteiger partial charge in [0.25, 0.3) is 0 Å². The SMILES string of the molecule is CCc1c(C(C)(C)CC)oc2cccnc12. The molecule has 2 nitrogen and oxygen atoms in total. The standard InChI is InChI=1S/C14H19NO/c1-5-10-12-11(8-7-9-15-12)16-13(10)14(3,4)6-2/h7-9H,5-6H2,1-4H3. The summed E-state index contributed by atoms with van der Waals surface area (Å²) < 4.78 is 5.98. The van der Waals surface area contributed by atoms with E-state index in [2.05, 4.69) is 32.7 Å². The molecule has 2 heterocycles. The Morgan fingerprint density at radius 2 is 2.06 bits per heavy atom. The van der Waals surface area contributed by atoms with Crippen LogP contribution in [0.5, 0.6) is 0 Å². The Hall–Kier alpha value is -1.31. The molecule has 0 saturated heterocycles. The number of hydrogen-bond acceptors (Lipinski definition) is 2. The second-order valence-electron chi connectivity index (χ2n) is 4.85. The topological polar surface area (TPSA) is 26.0 Å². The van der Waals surface area contributed by atoms with Crippen LogP contribution in [-0.4, -0.2) is 4.98 Å². The molecule has 0 N–H and O–H groups in total. The summed E-state index contributed by atoms with van der Waals surface area (Å²) in [6.45, 7) is 8.81. The summed E-state index contributed by atoms with van der Waals surface area (Å²) in [4.78, 5) is 4.43. The first-order chi connectivity index (χ1) is 7.60. The summed E-state index contributed by atoms with van der Waals surface area (Å²) in [7, 11) is 0. The molecule has 2 heteroatoms. The third-order valence-corrected chi connectivity index (χ3v) is 3.39. The van der Waals surface area contributed by atoms with Crippen molar-refractivity contribution in [3.05, 3.63) is 29.7 Å². The molecule has 0 saturated carbocycles. The van der Waals surface area contributed by atoms with Crippen LogP contribution in [0, 0.1) is 0 Å². The molecular formula is C14H19NO. The van der Waals surface area contributed by atoms with Crippen molar-refractivity contribution in [2.24, 2.45) is 0 Å². The Morgan fingerprint density at radius 1 is 1.31 bits per heavy atom. The maximum absolute atomic E-state index is 5.98. The zero-order valence-corrected chi connectivity index (χ0v) is 10.5. The number of rotatable bonds is 3. The third-order valence-electron chi connectivity index (χ3n) is 3.39. The molecule has 0 spiro atoms. The summed E-state index contributed by atoms with van der Waals surface area (Å²) in [6.07, 6.45) is 3.88. The minimum Gasteiger partial charge on any atom is -0.459 e. The first kappa shape index (κ1) is 11.2. The van der Waals surface area contributed by atoms with Crippen LogP contribution in [0.4, 0.5) is 0 Å². The Kier molecular flexibility index (Phi) is 2.75. The molecule has 86 valence electrons. The second kappa shape index (κ2) is 3.93. The van der Waals surface area contributed by atoms with Crippen molar-refractivity contribution < 1.29 is 4.42 Å². The lowest BCUT2D eigenvalue weighted by Crippen LogP contribution is -2.16. The quantitative estimate of drug-likeness (QED) is 0.774. The Morgan fingerprint density at radius 3 is 2.69 bits per heavy atom. The predicted molar refractivity (Wildman–Crippen MR) is 66.7 cm³/mol. The van der Waals surface area contributed by atoms with Crippen LogP contribution in [-0.2, 0) is 11.8 Å². The van der Waals surface area contributed by atoms with Crippen molar-refractivity contribution >= 4 is 11.1 Å². The Bertz CT molecular complexity index is 496. The number of aromatic nitrogens is 1. The lowest BCUT2D eigenvalue weighted by molar-refractivity contribution is 0.386. The molecule has 0 aliphatic heterocycles. The van der Waals surface area contributed by atoms with E-state index in [0.29, 0.717) is 0 Å². The Balaban J connectivity index is 2.70. The highest BCUT2D eigenvalue weighted by atomic mass is 16.3. The van der Waals surface area contributed by atoms with E-state index in [1.165, 1.54) is 5.56 Å². The van der Waals surface area contributed by atoms with E-state index in [0.717, 1.165) is 29.7 Å². The van der Waals surface area contributed by atoms with Gasteiger partial charge in [0.2, 0.25) is 0 Å². The number of pyridine rings is 1. The average Bonchev–Trinajstić information content (AvgIpc) is 2.68. The number of aryl methyl sites for hydroxylation is 1. The van der Waals surface area contributed by atoms with Gasteiger partial charge >= 0.3 is 0 Å². The molecule has 0 bridgehead atoms. The van der Waals surface area contributed by atoms with Gasteiger partial charge < -0.3 is 4.42 Å². The normalized spacial score (nSPS) is 12.2. The molecule has 2 aromatic rings. The maximum Gasteiger partial charge on any atom is 0.153 e. The fourth-order valence-electron chi connectivity index (χ4n) is 2.01. The van der Waals surface area contributed by atoms with Crippen molar-refractivity contribution in [1.29, 1.82) is 0 Å². The second-order valence-corrected chi connectivity index (χ2v) is 4.85. The van der Waals surface area contributed by atoms with E-state index in [4.69, 9.17) is 4.42 Å². The molecule has 0 aliphatic rings. The monoisotopic (exact) mass is 217 g/mol. The van der Waals surface area contributed by atoms with E-state index in [1.807, 2.05) is 18.3 Å². The summed E-state index contributed by atoms with van der Waals surface area (Å²) in [5.74, 6) is 1.10. The zero-order chi connectivity index (χ0) is 11.8. The van der Waals surface area contributed by atoms with Crippen LogP contribution < -0.4 is 0 Å². The van der Waals surface area contributed by atoms with Gasteiger partial charge in [0.1, 0.15) is 11.3 Å². The van der Waals surface area contributed by atoms with E-state index < -0.39 is 0 Å². The minimum atomic E-state index is 0.0893. The van der Waals surface area contributed by atoms with Crippen LogP contribution in [0.2, 0.25) is 0 Å². The van der Waals surface area contributed by atoms with Gasteiger partial charge in [-0.15, -0.1) is 0 Å². The lowest BCUT2D eigenvalue weighted by Gasteiger charge is -2.21. The predicted octanol–water partition coefficient (Wildman–Crippen LogP) is 4.08. The molecular weight excluding hydrogens is 198 g/mol. The summed E-state index contributed by atoms with van der Waals surface area (Å²) >= 11 is 0.